The van der Waals surface area contributed by atoms with E-state index in [0.29, 0.717) is 53.3 Å². The van der Waals surface area contributed by atoms with Gasteiger partial charge in [-0.25, -0.2) is 29.9 Å². The third kappa shape index (κ3) is 44.4. The summed E-state index contributed by atoms with van der Waals surface area (Å²) in [5, 5.41) is 6.74. The zero-order chi connectivity index (χ0) is 82.7. The van der Waals surface area contributed by atoms with Gasteiger partial charge in [0, 0.05) is 148 Å². The van der Waals surface area contributed by atoms with Crippen LogP contribution in [0.5, 0.6) is 0 Å². The van der Waals surface area contributed by atoms with Crippen LogP contribution in [0.15, 0.2) is 157 Å². The average Bonchev–Trinajstić information content (AvgIpc) is 1.45. The van der Waals surface area contributed by atoms with Crippen LogP contribution in [0, 0.1) is 0 Å². The zero-order valence-electron chi connectivity index (χ0n) is 73.8. The summed E-state index contributed by atoms with van der Waals surface area (Å²) in [5.74, 6) is 9.51. The Hall–Kier alpha value is -7.65. The van der Waals surface area contributed by atoms with Gasteiger partial charge in [0.2, 0.25) is 0 Å². The van der Waals surface area contributed by atoms with Crippen molar-refractivity contribution in [2.24, 2.45) is 0 Å². The van der Waals surface area contributed by atoms with E-state index in [9.17, 15) is 0 Å². The molecule has 6 saturated heterocycles. The van der Waals surface area contributed by atoms with Gasteiger partial charge in [-0.15, -0.1) is 22.7 Å². The van der Waals surface area contributed by atoms with Crippen molar-refractivity contribution in [3.63, 3.8) is 0 Å². The fraction of sp³-hybridized carbons (Fsp3) is 0.606. The molecule has 0 bridgehead atoms. The quantitative estimate of drug-likeness (QED) is 0.0848. The number of nitrogens with zero attached hydrogens (tertiary/aromatic N) is 15. The molecule has 6 aliphatic rings. The minimum atomic E-state index is 0. The number of hydrogen-bond acceptors (Lipinski definition) is 19. The van der Waals surface area contributed by atoms with Crippen molar-refractivity contribution in [3.05, 3.63) is 218 Å². The van der Waals surface area contributed by atoms with Crippen LogP contribution in [0.4, 0.5) is 23.3 Å². The molecule has 0 atom stereocenters. The molecule has 6 fully saturated rings. The Morgan fingerprint density at radius 2 is 0.691 bits per heavy atom. The Kier molecular flexibility index (Phi) is 62.9. The number of thiazole rings is 2. The first-order valence-corrected chi connectivity index (χ1v) is 45.3. The van der Waals surface area contributed by atoms with Gasteiger partial charge in [0.25, 0.3) is 0 Å². The first kappa shape index (κ1) is 117. The topological polar surface area (TPSA) is 154 Å². The van der Waals surface area contributed by atoms with E-state index in [1.165, 1.54) is 172 Å². The normalized spacial score (nSPS) is 14.7. The molecule has 15 heterocycles. The summed E-state index contributed by atoms with van der Waals surface area (Å²) in [7, 11) is 0. The van der Waals surface area contributed by atoms with Crippen molar-refractivity contribution in [1.82, 2.24) is 54.7 Å². The van der Waals surface area contributed by atoms with Gasteiger partial charge in [-0.05, 0) is 215 Å². The van der Waals surface area contributed by atoms with Gasteiger partial charge in [0.1, 0.15) is 23.3 Å². The van der Waals surface area contributed by atoms with Crippen molar-refractivity contribution in [2.45, 2.75) is 315 Å². The number of pyridine rings is 7. The molecule has 15 rings (SSSR count). The van der Waals surface area contributed by atoms with Gasteiger partial charge < -0.3 is 29.1 Å². The van der Waals surface area contributed by atoms with E-state index in [1.54, 1.807) is 17.5 Å². The number of rotatable bonds is 17. The maximum Gasteiger partial charge on any atom is 0.128 e. The maximum atomic E-state index is 5.33. The van der Waals surface area contributed by atoms with Crippen LogP contribution in [0.2, 0.25) is 0 Å². The molecule has 0 aromatic carbocycles. The van der Waals surface area contributed by atoms with Gasteiger partial charge >= 0.3 is 0 Å². The summed E-state index contributed by atoms with van der Waals surface area (Å²) in [4.78, 5) is 54.3. The number of piperidine rings is 2. The molecule has 0 aliphatic carbocycles. The van der Waals surface area contributed by atoms with Crippen molar-refractivity contribution in [3.8, 4) is 0 Å². The maximum absolute atomic E-state index is 5.33. The highest BCUT2D eigenvalue weighted by Crippen LogP contribution is 2.27. The molecule has 123 heavy (non-hydrogen) atoms. The van der Waals surface area contributed by atoms with E-state index in [2.05, 4.69) is 284 Å². The minimum absolute atomic E-state index is 0. The van der Waals surface area contributed by atoms with Gasteiger partial charge in [0.15, 0.2) is 0 Å². The number of ether oxygens (including phenoxy) is 2. The van der Waals surface area contributed by atoms with E-state index in [-0.39, 0.29) is 59.4 Å². The summed E-state index contributed by atoms with van der Waals surface area (Å²) in [6, 6.07) is 37.7. The molecule has 17 nitrogen and oxygen atoms in total. The standard InChI is InChI=1S/C14H22N2.2C12H18N2O.C12H20N2S.2C12H18N2.2C8H11N.C6H9NS.8CH4/c1-12(2)14-8-6-7-13(15-14)11-16-9-4-3-5-10-16;1-10(2)11-3-4-13-12(9-11)14-5-7-15-8-6-14;1-10(2)11-4-3-5-12(13-11)14-6-8-15-9-7-14;1-10(2)12-13-11(9-15-12)8-14-6-4-3-5-7-14;1-10(2)11-6-5-7-12(13-11)14-8-3-4-9-14;1-10(2)11-5-6-13-12(9-11)14-7-3-4-8-14;1-7(2)8-4-3-5-9-6-8;1-7(2)8-5-3-4-6-9-8;1-5(2)6-7-3-4-8-6;;;;;;;;/h6-8,12H,3-5,9-11H2,1-2H3;3-4,9-10H,5-8H2,1-2H3;3-5,10H,6-9H2,1-2H3;9-10H,3-8H2,1-2H3;5-7,10H,3-4,8-9H2,1-2H3;5-6,9-10H,3-4,7-8H2,1-2H3;2*3-7H,1-2H3;3-5H,1-2H3;8*1H4. The molecule has 0 amide bonds. The van der Waals surface area contributed by atoms with Crippen molar-refractivity contribution >= 4 is 45.9 Å². The Bertz CT molecular complexity index is 3800. The third-order valence-corrected chi connectivity index (χ3v) is 23.1. The fourth-order valence-electron chi connectivity index (χ4n) is 13.5. The molecule has 692 valence electrons. The monoisotopic (exact) mass is 1730 g/mol. The lowest BCUT2D eigenvalue weighted by atomic mass is 10.1. The van der Waals surface area contributed by atoms with Crippen LogP contribution in [0.25, 0.3) is 0 Å². The van der Waals surface area contributed by atoms with E-state index in [0.717, 1.165) is 94.7 Å². The molecule has 0 spiro atoms. The first-order valence-electron chi connectivity index (χ1n) is 43.6. The first-order chi connectivity index (χ1) is 55.5. The van der Waals surface area contributed by atoms with Gasteiger partial charge in [-0.1, -0.05) is 227 Å². The minimum Gasteiger partial charge on any atom is -0.378 e. The van der Waals surface area contributed by atoms with Crippen molar-refractivity contribution < 1.29 is 9.47 Å². The summed E-state index contributed by atoms with van der Waals surface area (Å²) < 4.78 is 10.7. The number of morpholine rings is 2. The van der Waals surface area contributed by atoms with Gasteiger partial charge in [-0.2, -0.15) is 0 Å². The molecular weight excluding hydrogens is 1560 g/mol. The molecule has 6 aliphatic heterocycles. The Morgan fingerprint density at radius 3 is 1.05 bits per heavy atom. The van der Waals surface area contributed by atoms with E-state index in [4.69, 9.17) is 14.5 Å². The highest BCUT2D eigenvalue weighted by molar-refractivity contribution is 7.10. The largest absolute Gasteiger partial charge is 0.378 e. The SMILES string of the molecule is C.C.C.C.C.C.C.C.CC(C)c1cccc(CN2CCCCC2)n1.CC(C)c1cccc(N2CCCC2)n1.CC(C)c1cccc(N2CCOCC2)n1.CC(C)c1ccccn1.CC(C)c1cccnc1.CC(C)c1ccnc(N2CCCC2)c1.CC(C)c1ccnc(N2CCOCC2)c1.CC(C)c1nc(CN2CCCCC2)cs1.CC(C)c1nccs1. The lowest BCUT2D eigenvalue weighted by Gasteiger charge is -2.28. The Labute approximate surface area is 762 Å². The molecule has 0 unspecified atom stereocenters. The van der Waals surface area contributed by atoms with Gasteiger partial charge in [0.05, 0.1) is 47.8 Å². The summed E-state index contributed by atoms with van der Waals surface area (Å²) in [6.07, 6.45) is 24.7. The summed E-state index contributed by atoms with van der Waals surface area (Å²) >= 11 is 3.53. The third-order valence-electron chi connectivity index (χ3n) is 20.8. The predicted molar refractivity (Wildman–Crippen MR) is 542 cm³/mol. The smallest absolute Gasteiger partial charge is 0.128 e. The summed E-state index contributed by atoms with van der Waals surface area (Å²) in [6.45, 7) is 58.2. The van der Waals surface area contributed by atoms with Gasteiger partial charge in [-0.3, -0.25) is 24.8 Å². The molecule has 0 N–H and O–H groups in total. The lowest BCUT2D eigenvalue weighted by Crippen LogP contribution is -2.36. The average molecular weight is 1730 g/mol. The van der Waals surface area contributed by atoms with E-state index in [1.807, 2.05) is 72.0 Å². The highest BCUT2D eigenvalue weighted by atomic mass is 32.1. The lowest BCUT2D eigenvalue weighted by molar-refractivity contribution is 0.122. The van der Waals surface area contributed by atoms with Crippen molar-refractivity contribution in [1.29, 1.82) is 0 Å². The molecule has 0 saturated carbocycles. The van der Waals surface area contributed by atoms with Crippen LogP contribution in [0.3, 0.4) is 0 Å². The second-order valence-electron chi connectivity index (χ2n) is 33.5. The number of anilines is 4. The number of hydrogen-bond donors (Lipinski definition) is 0. The molecule has 9 aromatic heterocycles. The van der Waals surface area contributed by atoms with Crippen LogP contribution < -0.4 is 19.6 Å². The second-order valence-corrected chi connectivity index (χ2v) is 35.3. The van der Waals surface area contributed by atoms with E-state index < -0.39 is 0 Å². The molecule has 19 heteroatoms. The second kappa shape index (κ2) is 65.9. The number of aromatic nitrogens is 9. The van der Waals surface area contributed by atoms with Crippen molar-refractivity contribution in [2.75, 3.05) is 125 Å². The highest BCUT2D eigenvalue weighted by Gasteiger charge is 2.20. The Morgan fingerprint density at radius 1 is 0.293 bits per heavy atom. The fourth-order valence-corrected chi connectivity index (χ4v) is 15.0. The van der Waals surface area contributed by atoms with Crippen LogP contribution >= 0.6 is 22.7 Å². The summed E-state index contributed by atoms with van der Waals surface area (Å²) in [5.41, 5.74) is 11.3. The number of likely N-dealkylation sites (tertiary alicyclic amines) is 2. The molecule has 9 aromatic rings. The molecular formula is C104H177N15O2S2. The van der Waals surface area contributed by atoms with E-state index >= 15 is 0 Å². The van der Waals surface area contributed by atoms with Crippen LogP contribution in [0.1, 0.15) is 362 Å². The molecule has 0 radical (unpaired) electrons. The Balaban J connectivity index is 0. The van der Waals surface area contributed by atoms with Crippen LogP contribution in [-0.4, -0.2) is 160 Å². The van der Waals surface area contributed by atoms with Crippen LogP contribution in [-0.2, 0) is 22.6 Å². The zero-order valence-corrected chi connectivity index (χ0v) is 75.5. The predicted octanol–water partition coefficient (Wildman–Crippen LogP) is 27.9.